The molecule has 2 aromatic heterocycles. The van der Waals surface area contributed by atoms with Crippen LogP contribution in [0.25, 0.3) is 33.9 Å². The van der Waals surface area contributed by atoms with Crippen molar-refractivity contribution in [3.05, 3.63) is 86.4 Å². The normalized spacial score (nSPS) is 11.8. The summed E-state index contributed by atoms with van der Waals surface area (Å²) in [7, 11) is 0. The molecule has 2 aromatic carbocycles. The number of aliphatic hydroxyl groups excluding tert-OH is 1. The van der Waals surface area contributed by atoms with Crippen molar-refractivity contribution in [3.8, 4) is 28.7 Å². The molecular weight excluding hydrogens is 439 g/mol. The molecule has 0 spiro atoms. The monoisotopic (exact) mass is 452 g/mol. The van der Waals surface area contributed by atoms with Gasteiger partial charge in [0.1, 0.15) is 22.4 Å². The van der Waals surface area contributed by atoms with Crippen molar-refractivity contribution >= 4 is 45.9 Å². The van der Waals surface area contributed by atoms with Crippen LogP contribution >= 0.6 is 34.5 Å². The largest absolute Gasteiger partial charge is 0.503 e. The summed E-state index contributed by atoms with van der Waals surface area (Å²) in [6.07, 6.45) is 0. The fraction of sp³-hybridized carbons (Fsp3) is 0.0435. The SMILES string of the molecule is Cc1ccc(-c2csc(/C(C#N)=C(\O)c3ccc(-c4cc(Cl)ccc4Cl)o3)n2)cc1. The second-order valence-corrected chi connectivity index (χ2v) is 8.23. The summed E-state index contributed by atoms with van der Waals surface area (Å²) in [4.78, 5) is 4.52. The predicted octanol–water partition coefficient (Wildman–Crippen LogP) is 7.64. The highest BCUT2D eigenvalue weighted by molar-refractivity contribution is 7.11. The zero-order valence-corrected chi connectivity index (χ0v) is 18.0. The Labute approximate surface area is 187 Å². The second kappa shape index (κ2) is 8.37. The highest BCUT2D eigenvalue weighted by Gasteiger charge is 2.19. The fourth-order valence-electron chi connectivity index (χ4n) is 2.87. The van der Waals surface area contributed by atoms with Gasteiger partial charge in [0.05, 0.1) is 10.7 Å². The smallest absolute Gasteiger partial charge is 0.179 e. The first-order valence-electron chi connectivity index (χ1n) is 8.88. The van der Waals surface area contributed by atoms with E-state index < -0.39 is 0 Å². The predicted molar refractivity (Wildman–Crippen MR) is 122 cm³/mol. The maximum absolute atomic E-state index is 10.7. The van der Waals surface area contributed by atoms with Crippen molar-refractivity contribution in [2.45, 2.75) is 6.92 Å². The van der Waals surface area contributed by atoms with Crippen LogP contribution < -0.4 is 0 Å². The van der Waals surface area contributed by atoms with E-state index in [0.717, 1.165) is 16.8 Å². The van der Waals surface area contributed by atoms with E-state index in [4.69, 9.17) is 27.6 Å². The van der Waals surface area contributed by atoms with Gasteiger partial charge in [-0.2, -0.15) is 5.26 Å². The summed E-state index contributed by atoms with van der Waals surface area (Å²) in [5.74, 6) is 0.289. The zero-order valence-electron chi connectivity index (χ0n) is 15.7. The summed E-state index contributed by atoms with van der Waals surface area (Å²) >= 11 is 13.5. The first kappa shape index (κ1) is 20.2. The molecule has 0 amide bonds. The average molecular weight is 453 g/mol. The van der Waals surface area contributed by atoms with E-state index in [-0.39, 0.29) is 17.1 Å². The lowest BCUT2D eigenvalue weighted by molar-refractivity contribution is 0.466. The quantitative estimate of drug-likeness (QED) is 0.255. The first-order chi connectivity index (χ1) is 14.5. The van der Waals surface area contributed by atoms with E-state index in [0.29, 0.717) is 26.4 Å². The van der Waals surface area contributed by atoms with Crippen molar-refractivity contribution in [2.75, 3.05) is 0 Å². The molecule has 4 nitrogen and oxygen atoms in total. The van der Waals surface area contributed by atoms with E-state index in [1.54, 1.807) is 30.3 Å². The third-order valence-electron chi connectivity index (χ3n) is 4.45. The molecule has 0 saturated carbocycles. The van der Waals surface area contributed by atoms with Crippen LogP contribution in [0.15, 0.2) is 64.4 Å². The molecule has 7 heteroatoms. The van der Waals surface area contributed by atoms with Crippen molar-refractivity contribution in [1.82, 2.24) is 4.98 Å². The third-order valence-corrected chi connectivity index (χ3v) is 5.87. The molecule has 4 rings (SSSR count). The highest BCUT2D eigenvalue weighted by atomic mass is 35.5. The van der Waals surface area contributed by atoms with Crippen LogP contribution in [0.4, 0.5) is 0 Å². The highest BCUT2D eigenvalue weighted by Crippen LogP contribution is 2.35. The van der Waals surface area contributed by atoms with Crippen LogP contribution in [0.3, 0.4) is 0 Å². The second-order valence-electron chi connectivity index (χ2n) is 6.53. The number of rotatable bonds is 4. The van der Waals surface area contributed by atoms with E-state index in [9.17, 15) is 10.4 Å². The van der Waals surface area contributed by atoms with E-state index in [2.05, 4.69) is 4.98 Å². The molecule has 4 aromatic rings. The van der Waals surface area contributed by atoms with Gasteiger partial charge in [0.2, 0.25) is 0 Å². The van der Waals surface area contributed by atoms with Crippen LogP contribution in [0.1, 0.15) is 16.3 Å². The van der Waals surface area contributed by atoms with Gasteiger partial charge in [-0.3, -0.25) is 0 Å². The molecule has 30 heavy (non-hydrogen) atoms. The molecule has 0 aliphatic heterocycles. The van der Waals surface area contributed by atoms with Crippen molar-refractivity contribution in [2.24, 2.45) is 0 Å². The molecule has 148 valence electrons. The minimum absolute atomic E-state index is 0.0384. The molecule has 0 aliphatic carbocycles. The number of hydrogen-bond acceptors (Lipinski definition) is 5. The van der Waals surface area contributed by atoms with Crippen LogP contribution in [-0.2, 0) is 0 Å². The fourth-order valence-corrected chi connectivity index (χ4v) is 4.07. The standard InChI is InChI=1S/C23H14Cl2N2O2S/c1-13-2-4-14(5-3-13)19-12-30-23(27-19)17(11-26)22(28)21-9-8-20(29-21)16-10-15(24)6-7-18(16)25/h2-10,12,28H,1H3/b22-17-. The van der Waals surface area contributed by atoms with Crippen molar-refractivity contribution in [1.29, 1.82) is 5.26 Å². The Balaban J connectivity index is 1.70. The number of nitriles is 1. The Hall–Kier alpha value is -3.04. The summed E-state index contributed by atoms with van der Waals surface area (Å²) in [6, 6.07) is 18.2. The van der Waals surface area contributed by atoms with Gasteiger partial charge in [0.25, 0.3) is 0 Å². The van der Waals surface area contributed by atoms with Gasteiger partial charge in [-0.05, 0) is 37.3 Å². The van der Waals surface area contributed by atoms with Crippen LogP contribution in [0.5, 0.6) is 0 Å². The molecule has 0 atom stereocenters. The Morgan fingerprint density at radius 3 is 2.60 bits per heavy atom. The minimum atomic E-state index is -0.285. The van der Waals surface area contributed by atoms with E-state index >= 15 is 0 Å². The number of furan rings is 1. The Morgan fingerprint density at radius 1 is 1.10 bits per heavy atom. The Bertz CT molecular complexity index is 1300. The molecule has 2 heterocycles. The molecule has 0 saturated heterocycles. The van der Waals surface area contributed by atoms with Crippen LogP contribution in [-0.4, -0.2) is 10.1 Å². The van der Waals surface area contributed by atoms with Gasteiger partial charge in [0.15, 0.2) is 11.5 Å². The van der Waals surface area contributed by atoms with Crippen molar-refractivity contribution in [3.63, 3.8) is 0 Å². The zero-order chi connectivity index (χ0) is 21.3. The number of benzene rings is 2. The minimum Gasteiger partial charge on any atom is -0.503 e. The molecule has 0 unspecified atom stereocenters. The number of allylic oxidation sites excluding steroid dienone is 1. The number of nitrogens with zero attached hydrogens (tertiary/aromatic N) is 2. The third kappa shape index (κ3) is 3.99. The number of hydrogen-bond donors (Lipinski definition) is 1. The van der Waals surface area contributed by atoms with Crippen molar-refractivity contribution < 1.29 is 9.52 Å². The molecular formula is C23H14Cl2N2O2S. The number of aryl methyl sites for hydroxylation is 1. The van der Waals surface area contributed by atoms with Crippen LogP contribution in [0, 0.1) is 18.3 Å². The number of aliphatic hydroxyl groups is 1. The van der Waals surface area contributed by atoms with Gasteiger partial charge in [-0.15, -0.1) is 11.3 Å². The average Bonchev–Trinajstić information content (AvgIpc) is 3.41. The van der Waals surface area contributed by atoms with Crippen LogP contribution in [0.2, 0.25) is 10.0 Å². The summed E-state index contributed by atoms with van der Waals surface area (Å²) in [5, 5.41) is 23.6. The number of halogens is 2. The molecule has 0 fully saturated rings. The lowest BCUT2D eigenvalue weighted by Gasteiger charge is -2.02. The Kier molecular flexibility index (Phi) is 5.65. The molecule has 0 bridgehead atoms. The molecule has 0 aliphatic rings. The molecule has 1 N–H and O–H groups in total. The molecule has 0 radical (unpaired) electrons. The summed E-state index contributed by atoms with van der Waals surface area (Å²) in [6.45, 7) is 2.01. The Morgan fingerprint density at radius 2 is 1.87 bits per heavy atom. The van der Waals surface area contributed by atoms with Gasteiger partial charge in [-0.1, -0.05) is 53.0 Å². The summed E-state index contributed by atoms with van der Waals surface area (Å²) in [5.41, 5.74) is 3.46. The first-order valence-corrected chi connectivity index (χ1v) is 10.5. The lowest BCUT2D eigenvalue weighted by atomic mass is 10.1. The number of aromatic nitrogens is 1. The van der Waals surface area contributed by atoms with Gasteiger partial charge in [0, 0.05) is 21.5 Å². The summed E-state index contributed by atoms with van der Waals surface area (Å²) < 4.78 is 5.75. The van der Waals surface area contributed by atoms with Gasteiger partial charge >= 0.3 is 0 Å². The number of thiazole rings is 1. The topological polar surface area (TPSA) is 70.0 Å². The lowest BCUT2D eigenvalue weighted by Crippen LogP contribution is -1.89. The maximum atomic E-state index is 10.7. The maximum Gasteiger partial charge on any atom is 0.179 e. The van der Waals surface area contributed by atoms with E-state index in [1.165, 1.54) is 11.3 Å². The van der Waals surface area contributed by atoms with E-state index in [1.807, 2.05) is 42.6 Å². The van der Waals surface area contributed by atoms with Gasteiger partial charge in [-0.25, -0.2) is 4.98 Å². The van der Waals surface area contributed by atoms with Gasteiger partial charge < -0.3 is 9.52 Å².